The summed E-state index contributed by atoms with van der Waals surface area (Å²) in [6.07, 6.45) is 1.56. The van der Waals surface area contributed by atoms with E-state index in [9.17, 15) is 0 Å². The van der Waals surface area contributed by atoms with Crippen molar-refractivity contribution in [1.82, 2.24) is 0 Å². The fourth-order valence-electron chi connectivity index (χ4n) is 0.297. The lowest BCUT2D eigenvalue weighted by molar-refractivity contribution is 0.211. The minimum atomic E-state index is 0.0571. The molecule has 1 atom stereocenters. The van der Waals surface area contributed by atoms with E-state index in [1.807, 2.05) is 6.92 Å². The summed E-state index contributed by atoms with van der Waals surface area (Å²) in [5, 5.41) is 0. The van der Waals surface area contributed by atoms with Crippen LogP contribution in [0.4, 0.5) is 0 Å². The molecule has 0 aromatic rings. The van der Waals surface area contributed by atoms with Crippen LogP contribution in [0, 0.1) is 0 Å². The van der Waals surface area contributed by atoms with Crippen molar-refractivity contribution in [2.45, 2.75) is 13.0 Å². The average Bonchev–Trinajstić information content (AvgIpc) is 1.83. The summed E-state index contributed by atoms with van der Waals surface area (Å²) in [4.78, 5) is 0. The molecule has 1 unspecified atom stereocenters. The zero-order chi connectivity index (χ0) is 7.28. The van der Waals surface area contributed by atoms with E-state index in [1.54, 1.807) is 6.08 Å². The van der Waals surface area contributed by atoms with Crippen molar-refractivity contribution in [2.75, 3.05) is 6.61 Å². The Kier molecular flexibility index (Phi) is 3.80. The molecule has 0 saturated heterocycles. The zero-order valence-corrected chi connectivity index (χ0v) is 5.76. The zero-order valence-electron chi connectivity index (χ0n) is 5.76. The molecule has 0 heterocycles. The summed E-state index contributed by atoms with van der Waals surface area (Å²) in [7, 11) is 0. The number of ether oxygens (including phenoxy) is 1. The molecule has 52 valence electrons. The lowest BCUT2D eigenvalue weighted by atomic mass is 10.4. The normalized spacial score (nSPS) is 12.2. The molecule has 2 N–H and O–H groups in total. The Hall–Kier alpha value is -0.760. The van der Waals surface area contributed by atoms with Gasteiger partial charge in [-0.3, -0.25) is 0 Å². The molecule has 0 aromatic carbocycles. The van der Waals surface area contributed by atoms with E-state index < -0.39 is 0 Å². The molecule has 0 rings (SSSR count). The van der Waals surface area contributed by atoms with Crippen LogP contribution in [0.15, 0.2) is 25.0 Å². The number of nitrogens with two attached hydrogens (primary N) is 1. The van der Waals surface area contributed by atoms with Gasteiger partial charge in [0.1, 0.15) is 12.4 Å². The van der Waals surface area contributed by atoms with Crippen molar-refractivity contribution in [3.63, 3.8) is 0 Å². The molecule has 0 saturated carbocycles. The van der Waals surface area contributed by atoms with Gasteiger partial charge in [0, 0.05) is 6.04 Å². The Morgan fingerprint density at radius 3 is 2.78 bits per heavy atom. The molecule has 9 heavy (non-hydrogen) atoms. The van der Waals surface area contributed by atoms with E-state index in [2.05, 4.69) is 13.2 Å². The second kappa shape index (κ2) is 4.15. The minimum absolute atomic E-state index is 0.0571. The van der Waals surface area contributed by atoms with Gasteiger partial charge in [0.15, 0.2) is 0 Å². The fraction of sp³-hybridized carbons (Fsp3) is 0.429. The van der Waals surface area contributed by atoms with Crippen LogP contribution in [0.3, 0.4) is 0 Å². The van der Waals surface area contributed by atoms with Crippen LogP contribution >= 0.6 is 0 Å². The highest BCUT2D eigenvalue weighted by molar-refractivity contribution is 5.01. The Labute approximate surface area is 56.0 Å². The Balaban J connectivity index is 3.27. The fourth-order valence-corrected chi connectivity index (χ4v) is 0.297. The van der Waals surface area contributed by atoms with Gasteiger partial charge in [-0.25, -0.2) is 0 Å². The highest BCUT2D eigenvalue weighted by Gasteiger charge is 1.92. The van der Waals surface area contributed by atoms with Crippen molar-refractivity contribution >= 4 is 0 Å². The summed E-state index contributed by atoms with van der Waals surface area (Å²) in [5.74, 6) is 0.576. The molecule has 0 aliphatic rings. The van der Waals surface area contributed by atoms with Crippen LogP contribution in [-0.4, -0.2) is 12.6 Å². The quantitative estimate of drug-likeness (QED) is 0.452. The topological polar surface area (TPSA) is 35.2 Å². The first-order chi connectivity index (χ1) is 4.16. The molecule has 0 aliphatic carbocycles. The summed E-state index contributed by atoms with van der Waals surface area (Å²) in [5.41, 5.74) is 5.39. The molecule has 0 amide bonds. The van der Waals surface area contributed by atoms with E-state index in [-0.39, 0.29) is 6.04 Å². The Morgan fingerprint density at radius 1 is 1.89 bits per heavy atom. The Bertz CT molecular complexity index is 107. The van der Waals surface area contributed by atoms with Gasteiger partial charge in [-0.2, -0.15) is 0 Å². The first kappa shape index (κ1) is 8.24. The molecule has 2 heteroatoms. The maximum Gasteiger partial charge on any atom is 0.111 e. The van der Waals surface area contributed by atoms with Gasteiger partial charge in [0.25, 0.3) is 0 Å². The summed E-state index contributed by atoms with van der Waals surface area (Å²) >= 11 is 0. The van der Waals surface area contributed by atoms with E-state index >= 15 is 0 Å². The third-order valence-corrected chi connectivity index (χ3v) is 0.759. The van der Waals surface area contributed by atoms with E-state index in [0.717, 1.165) is 0 Å². The first-order valence-electron chi connectivity index (χ1n) is 2.86. The number of allylic oxidation sites excluding steroid dienone is 1. The molecule has 0 radical (unpaired) electrons. The predicted octanol–water partition coefficient (Wildman–Crippen LogP) is 1.05. The maximum atomic E-state index is 5.39. The molecule has 2 nitrogen and oxygen atoms in total. The average molecular weight is 127 g/mol. The van der Waals surface area contributed by atoms with Crippen molar-refractivity contribution in [3.8, 4) is 0 Å². The molecular weight excluding hydrogens is 114 g/mol. The van der Waals surface area contributed by atoms with Crippen molar-refractivity contribution in [2.24, 2.45) is 5.73 Å². The second-order valence-corrected chi connectivity index (χ2v) is 1.96. The number of rotatable bonds is 4. The van der Waals surface area contributed by atoms with Crippen LogP contribution in [0.1, 0.15) is 6.92 Å². The van der Waals surface area contributed by atoms with Gasteiger partial charge in [-0.15, -0.1) is 0 Å². The summed E-state index contributed by atoms with van der Waals surface area (Å²) in [6.45, 7) is 9.40. The molecule has 0 aliphatic heterocycles. The minimum Gasteiger partial charge on any atom is -0.493 e. The Morgan fingerprint density at radius 2 is 2.44 bits per heavy atom. The smallest absolute Gasteiger partial charge is 0.111 e. The third kappa shape index (κ3) is 5.11. The summed E-state index contributed by atoms with van der Waals surface area (Å²) < 4.78 is 5.02. The van der Waals surface area contributed by atoms with E-state index in [0.29, 0.717) is 12.4 Å². The predicted molar refractivity (Wildman–Crippen MR) is 38.9 cm³/mol. The third-order valence-electron chi connectivity index (χ3n) is 0.759. The lowest BCUT2D eigenvalue weighted by Gasteiger charge is -2.06. The molecule has 0 fully saturated rings. The van der Waals surface area contributed by atoms with Crippen LogP contribution < -0.4 is 5.73 Å². The van der Waals surface area contributed by atoms with Crippen LogP contribution in [-0.2, 0) is 4.74 Å². The van der Waals surface area contributed by atoms with Crippen molar-refractivity contribution in [1.29, 1.82) is 0 Å². The van der Waals surface area contributed by atoms with Crippen LogP contribution in [0.25, 0.3) is 0 Å². The monoisotopic (exact) mass is 127 g/mol. The maximum absolute atomic E-state index is 5.39. The number of hydrogen-bond acceptors (Lipinski definition) is 2. The highest BCUT2D eigenvalue weighted by Crippen LogP contribution is 1.93. The van der Waals surface area contributed by atoms with Crippen molar-refractivity contribution < 1.29 is 4.74 Å². The van der Waals surface area contributed by atoms with Gasteiger partial charge in [-0.05, 0) is 13.0 Å². The van der Waals surface area contributed by atoms with E-state index in [1.165, 1.54) is 0 Å². The molecular formula is C7H13NO. The second-order valence-electron chi connectivity index (χ2n) is 1.96. The van der Waals surface area contributed by atoms with Gasteiger partial charge in [0.05, 0.1) is 0 Å². The molecule has 0 spiro atoms. The van der Waals surface area contributed by atoms with Gasteiger partial charge in [-0.1, -0.05) is 13.2 Å². The lowest BCUT2D eigenvalue weighted by Crippen LogP contribution is -2.21. The van der Waals surface area contributed by atoms with Gasteiger partial charge >= 0.3 is 0 Å². The largest absolute Gasteiger partial charge is 0.493 e. The number of hydrogen-bond donors (Lipinski definition) is 1. The van der Waals surface area contributed by atoms with Crippen molar-refractivity contribution in [3.05, 3.63) is 25.0 Å². The van der Waals surface area contributed by atoms with Crippen LogP contribution in [0.2, 0.25) is 0 Å². The molecule has 0 bridgehead atoms. The summed E-state index contributed by atoms with van der Waals surface area (Å²) in [6, 6.07) is 0.0571. The first-order valence-corrected chi connectivity index (χ1v) is 2.86. The van der Waals surface area contributed by atoms with Gasteiger partial charge in [0.2, 0.25) is 0 Å². The van der Waals surface area contributed by atoms with Gasteiger partial charge < -0.3 is 10.5 Å². The van der Waals surface area contributed by atoms with E-state index in [4.69, 9.17) is 10.5 Å². The highest BCUT2D eigenvalue weighted by atomic mass is 16.5. The standard InChI is InChI=1S/C7H13NO/c1-4-7(3)9-5-6(2)8/h4,6H,1,3,5,8H2,2H3. The van der Waals surface area contributed by atoms with Crippen LogP contribution in [0.5, 0.6) is 0 Å². The SMILES string of the molecule is C=CC(=C)OCC(C)N. The molecule has 0 aromatic heterocycles.